The molecule has 5 heteroatoms. The first-order chi connectivity index (χ1) is 11.1. The molecule has 1 saturated heterocycles. The van der Waals surface area contributed by atoms with E-state index in [4.69, 9.17) is 4.74 Å². The summed E-state index contributed by atoms with van der Waals surface area (Å²) in [6, 6.07) is 5.86. The standard InChI is InChI=1S/C18H26N2O3/c1-19-9-5-14-3-4-16(13-17(14)18(19)22)23-12-2-8-20-10-6-15(21)7-11-20/h3-4,13,15,21H,2,5-12H2,1H3. The first-order valence-corrected chi connectivity index (χ1v) is 8.55. The van der Waals surface area contributed by atoms with Crippen molar-refractivity contribution in [1.29, 1.82) is 0 Å². The summed E-state index contributed by atoms with van der Waals surface area (Å²) in [6.07, 6.45) is 3.51. The molecule has 3 rings (SSSR count). The Morgan fingerprint density at radius 2 is 2.04 bits per heavy atom. The number of amides is 1. The molecule has 2 aliphatic rings. The van der Waals surface area contributed by atoms with Crippen LogP contribution in [0.3, 0.4) is 0 Å². The Labute approximate surface area is 137 Å². The van der Waals surface area contributed by atoms with Gasteiger partial charge < -0.3 is 19.6 Å². The van der Waals surface area contributed by atoms with E-state index in [0.29, 0.717) is 6.61 Å². The molecule has 0 saturated carbocycles. The Bertz CT molecular complexity index is 553. The minimum absolute atomic E-state index is 0.0866. The quantitative estimate of drug-likeness (QED) is 0.837. The summed E-state index contributed by atoms with van der Waals surface area (Å²) >= 11 is 0. The normalized spacial score (nSPS) is 19.7. The third-order valence-electron chi connectivity index (χ3n) is 4.82. The zero-order chi connectivity index (χ0) is 16.2. The van der Waals surface area contributed by atoms with Crippen LogP contribution in [0.25, 0.3) is 0 Å². The topological polar surface area (TPSA) is 53.0 Å². The largest absolute Gasteiger partial charge is 0.494 e. The second-order valence-corrected chi connectivity index (χ2v) is 6.57. The maximum Gasteiger partial charge on any atom is 0.254 e. The molecule has 0 radical (unpaired) electrons. The maximum absolute atomic E-state index is 12.2. The van der Waals surface area contributed by atoms with Gasteiger partial charge in [-0.15, -0.1) is 0 Å². The average Bonchev–Trinajstić information content (AvgIpc) is 2.57. The van der Waals surface area contributed by atoms with Gasteiger partial charge in [-0.2, -0.15) is 0 Å². The van der Waals surface area contributed by atoms with Gasteiger partial charge in [0.05, 0.1) is 12.7 Å². The number of nitrogens with zero attached hydrogens (tertiary/aromatic N) is 2. The number of hydrogen-bond acceptors (Lipinski definition) is 4. The summed E-state index contributed by atoms with van der Waals surface area (Å²) in [5.74, 6) is 0.866. The van der Waals surface area contributed by atoms with E-state index in [1.807, 2.05) is 25.2 Å². The van der Waals surface area contributed by atoms with Crippen LogP contribution in [0.4, 0.5) is 0 Å². The van der Waals surface area contributed by atoms with Crippen molar-refractivity contribution in [3.05, 3.63) is 29.3 Å². The highest BCUT2D eigenvalue weighted by molar-refractivity contribution is 5.97. The van der Waals surface area contributed by atoms with Gasteiger partial charge in [0.2, 0.25) is 0 Å². The predicted octanol–water partition coefficient (Wildman–Crippen LogP) is 1.54. The molecule has 1 aromatic carbocycles. The van der Waals surface area contributed by atoms with Crippen LogP contribution < -0.4 is 4.74 Å². The first-order valence-electron chi connectivity index (χ1n) is 8.55. The number of likely N-dealkylation sites (N-methyl/N-ethyl adjacent to an activating group) is 1. The van der Waals surface area contributed by atoms with Gasteiger partial charge in [0, 0.05) is 38.8 Å². The molecule has 0 aromatic heterocycles. The van der Waals surface area contributed by atoms with Gasteiger partial charge in [0.15, 0.2) is 0 Å². The van der Waals surface area contributed by atoms with Gasteiger partial charge in [-0.3, -0.25) is 4.79 Å². The van der Waals surface area contributed by atoms with Crippen LogP contribution in [0.2, 0.25) is 0 Å². The van der Waals surface area contributed by atoms with E-state index in [2.05, 4.69) is 4.90 Å². The molecule has 1 amide bonds. The molecule has 5 nitrogen and oxygen atoms in total. The molecular weight excluding hydrogens is 292 g/mol. The van der Waals surface area contributed by atoms with E-state index < -0.39 is 0 Å². The van der Waals surface area contributed by atoms with Gasteiger partial charge in [0.25, 0.3) is 5.91 Å². The molecule has 0 spiro atoms. The smallest absolute Gasteiger partial charge is 0.254 e. The van der Waals surface area contributed by atoms with Crippen LogP contribution in [0.1, 0.15) is 35.2 Å². The van der Waals surface area contributed by atoms with Crippen molar-refractivity contribution in [3.63, 3.8) is 0 Å². The van der Waals surface area contributed by atoms with Gasteiger partial charge in [0.1, 0.15) is 5.75 Å². The zero-order valence-corrected chi connectivity index (χ0v) is 13.8. The van der Waals surface area contributed by atoms with Crippen molar-refractivity contribution in [1.82, 2.24) is 9.80 Å². The summed E-state index contributed by atoms with van der Waals surface area (Å²) in [6.45, 7) is 4.39. The SMILES string of the molecule is CN1CCc2ccc(OCCCN3CCC(O)CC3)cc2C1=O. The highest BCUT2D eigenvalue weighted by atomic mass is 16.5. The second-order valence-electron chi connectivity index (χ2n) is 6.57. The number of benzene rings is 1. The number of carbonyl (C=O) groups excluding carboxylic acids is 1. The molecule has 1 N–H and O–H groups in total. The van der Waals surface area contributed by atoms with Crippen LogP contribution in [0.15, 0.2) is 18.2 Å². The average molecular weight is 318 g/mol. The summed E-state index contributed by atoms with van der Waals surface area (Å²) < 4.78 is 5.82. The molecule has 2 heterocycles. The fourth-order valence-electron chi connectivity index (χ4n) is 3.28. The van der Waals surface area contributed by atoms with Crippen molar-refractivity contribution in [2.45, 2.75) is 31.8 Å². The van der Waals surface area contributed by atoms with E-state index in [-0.39, 0.29) is 12.0 Å². The summed E-state index contributed by atoms with van der Waals surface area (Å²) in [5.41, 5.74) is 1.90. The van der Waals surface area contributed by atoms with Crippen LogP contribution in [-0.2, 0) is 6.42 Å². The molecule has 0 unspecified atom stereocenters. The minimum Gasteiger partial charge on any atom is -0.494 e. The lowest BCUT2D eigenvalue weighted by Crippen LogP contribution is -2.36. The summed E-state index contributed by atoms with van der Waals surface area (Å²) in [7, 11) is 1.84. The molecule has 0 atom stereocenters. The molecule has 23 heavy (non-hydrogen) atoms. The molecule has 126 valence electrons. The van der Waals surface area contributed by atoms with Gasteiger partial charge in [-0.05, 0) is 43.4 Å². The Balaban J connectivity index is 1.47. The van der Waals surface area contributed by atoms with Crippen molar-refractivity contribution in [2.24, 2.45) is 0 Å². The third-order valence-corrected chi connectivity index (χ3v) is 4.82. The fourth-order valence-corrected chi connectivity index (χ4v) is 3.28. The maximum atomic E-state index is 12.2. The Morgan fingerprint density at radius 3 is 2.83 bits per heavy atom. The minimum atomic E-state index is -0.117. The van der Waals surface area contributed by atoms with Crippen molar-refractivity contribution < 1.29 is 14.6 Å². The molecule has 1 fully saturated rings. The van der Waals surface area contributed by atoms with Crippen LogP contribution >= 0.6 is 0 Å². The van der Waals surface area contributed by atoms with Gasteiger partial charge in [-0.1, -0.05) is 6.07 Å². The molecule has 0 bridgehead atoms. The number of ether oxygens (including phenoxy) is 1. The van der Waals surface area contributed by atoms with Crippen LogP contribution in [0, 0.1) is 0 Å². The van der Waals surface area contributed by atoms with Crippen molar-refractivity contribution in [2.75, 3.05) is 39.8 Å². The van der Waals surface area contributed by atoms with Crippen LogP contribution in [-0.4, -0.2) is 66.8 Å². The third kappa shape index (κ3) is 4.03. The highest BCUT2D eigenvalue weighted by Gasteiger charge is 2.22. The molecule has 1 aromatic rings. The predicted molar refractivity (Wildman–Crippen MR) is 88.9 cm³/mol. The monoisotopic (exact) mass is 318 g/mol. The highest BCUT2D eigenvalue weighted by Crippen LogP contribution is 2.23. The number of likely N-dealkylation sites (tertiary alicyclic amines) is 1. The molecular formula is C18H26N2O3. The van der Waals surface area contributed by atoms with Crippen molar-refractivity contribution >= 4 is 5.91 Å². The Hall–Kier alpha value is -1.59. The molecule has 0 aliphatic carbocycles. The van der Waals surface area contributed by atoms with E-state index in [9.17, 15) is 9.90 Å². The number of rotatable bonds is 5. The van der Waals surface area contributed by atoms with Crippen LogP contribution in [0.5, 0.6) is 5.75 Å². The van der Waals surface area contributed by atoms with Gasteiger partial charge in [-0.25, -0.2) is 0 Å². The molecule has 2 aliphatic heterocycles. The number of hydrogen-bond donors (Lipinski definition) is 1. The lowest BCUT2D eigenvalue weighted by Gasteiger charge is -2.29. The zero-order valence-electron chi connectivity index (χ0n) is 13.8. The fraction of sp³-hybridized carbons (Fsp3) is 0.611. The number of fused-ring (bicyclic) bond motifs is 1. The Morgan fingerprint density at radius 1 is 1.26 bits per heavy atom. The number of aliphatic hydroxyl groups excluding tert-OH is 1. The number of carbonyl (C=O) groups is 1. The Kier molecular flexibility index (Phi) is 5.18. The first kappa shape index (κ1) is 16.3. The van der Waals surface area contributed by atoms with Crippen molar-refractivity contribution in [3.8, 4) is 5.75 Å². The summed E-state index contributed by atoms with van der Waals surface area (Å²) in [5, 5.41) is 9.50. The van der Waals surface area contributed by atoms with E-state index in [1.165, 1.54) is 0 Å². The summed E-state index contributed by atoms with van der Waals surface area (Å²) in [4.78, 5) is 16.3. The lowest BCUT2D eigenvalue weighted by atomic mass is 9.99. The number of aliphatic hydroxyl groups is 1. The van der Waals surface area contributed by atoms with Gasteiger partial charge >= 0.3 is 0 Å². The second kappa shape index (κ2) is 7.32. The lowest BCUT2D eigenvalue weighted by molar-refractivity contribution is 0.0777. The van der Waals surface area contributed by atoms with E-state index in [1.54, 1.807) is 4.90 Å². The van der Waals surface area contributed by atoms with E-state index >= 15 is 0 Å². The van der Waals surface area contributed by atoms with E-state index in [0.717, 1.165) is 68.7 Å². The number of piperidine rings is 1.